The van der Waals surface area contributed by atoms with Crippen molar-refractivity contribution in [2.45, 2.75) is 44.3 Å². The van der Waals surface area contributed by atoms with Gasteiger partial charge in [-0.2, -0.15) is 0 Å². The Hall–Kier alpha value is -3.34. The van der Waals surface area contributed by atoms with Crippen molar-refractivity contribution in [2.75, 3.05) is 0 Å². The zero-order chi connectivity index (χ0) is 23.7. The van der Waals surface area contributed by atoms with Gasteiger partial charge >= 0.3 is 0 Å². The Bertz CT molecular complexity index is 1370. The van der Waals surface area contributed by atoms with Gasteiger partial charge in [0, 0.05) is 41.9 Å². The molecule has 3 heterocycles. The first kappa shape index (κ1) is 20.1. The van der Waals surface area contributed by atoms with Gasteiger partial charge in [-0.15, -0.1) is 0 Å². The summed E-state index contributed by atoms with van der Waals surface area (Å²) in [5, 5.41) is 12.8. The molecule has 1 aromatic carbocycles. The number of halogens is 3. The van der Waals surface area contributed by atoms with E-state index < -0.39 is 64.3 Å². The van der Waals surface area contributed by atoms with Crippen molar-refractivity contribution in [3.8, 4) is 5.75 Å². The van der Waals surface area contributed by atoms with Crippen molar-refractivity contribution in [2.24, 2.45) is 17.3 Å². The molecule has 3 saturated carbocycles. The van der Waals surface area contributed by atoms with Crippen LogP contribution >= 0.6 is 0 Å². The van der Waals surface area contributed by atoms with E-state index >= 15 is 0 Å². The lowest BCUT2D eigenvalue weighted by molar-refractivity contribution is -0.174. The summed E-state index contributed by atoms with van der Waals surface area (Å²) < 4.78 is 48.3. The van der Waals surface area contributed by atoms with E-state index in [1.807, 2.05) is 0 Å². The van der Waals surface area contributed by atoms with Gasteiger partial charge in [0.2, 0.25) is 5.43 Å². The predicted molar refractivity (Wildman–Crippen MR) is 107 cm³/mol. The van der Waals surface area contributed by atoms with Gasteiger partial charge in [-0.1, -0.05) is 0 Å². The number of aromatic hydroxyl groups is 1. The van der Waals surface area contributed by atoms with Crippen LogP contribution in [0.1, 0.15) is 39.3 Å². The van der Waals surface area contributed by atoms with E-state index in [1.165, 1.54) is 4.57 Å². The number of hydrogen-bond donors (Lipinski definition) is 2. The Kier molecular flexibility index (Phi) is 3.66. The maximum atomic E-state index is 13.9. The summed E-state index contributed by atoms with van der Waals surface area (Å²) in [6, 6.07) is 1.01. The SMILES string of the molecule is O=C(NCc1c(F)cc(F)cc1F)c1cn2c(c(O)c1=O)C(=O)N1C(C2)O[C@@H]2CC23[C@@H]2C[C@@H]2[C@@H]13. The maximum absolute atomic E-state index is 13.9. The van der Waals surface area contributed by atoms with Crippen molar-refractivity contribution in [1.82, 2.24) is 14.8 Å². The second-order valence-electron chi connectivity index (χ2n) is 9.81. The average Bonchev–Trinajstić information content (AvgIpc) is 3.66. The van der Waals surface area contributed by atoms with E-state index in [4.69, 9.17) is 4.74 Å². The molecule has 6 atom stereocenters. The summed E-state index contributed by atoms with van der Waals surface area (Å²) in [4.78, 5) is 40.4. The number of nitrogens with one attached hydrogen (secondary N) is 1. The minimum atomic E-state index is -1.19. The molecule has 1 saturated heterocycles. The van der Waals surface area contributed by atoms with E-state index in [0.29, 0.717) is 24.0 Å². The Morgan fingerprint density at radius 3 is 2.71 bits per heavy atom. The smallest absolute Gasteiger partial charge is 0.276 e. The van der Waals surface area contributed by atoms with Crippen molar-refractivity contribution in [3.63, 3.8) is 0 Å². The van der Waals surface area contributed by atoms with E-state index in [9.17, 15) is 32.7 Å². The first-order valence-corrected chi connectivity index (χ1v) is 11.1. The number of benzene rings is 1. The van der Waals surface area contributed by atoms with Crippen molar-refractivity contribution in [3.05, 3.63) is 62.8 Å². The lowest BCUT2D eigenvalue weighted by atomic mass is 9.73. The van der Waals surface area contributed by atoms with Crippen LogP contribution < -0.4 is 10.7 Å². The molecule has 1 aromatic heterocycles. The first-order chi connectivity index (χ1) is 16.2. The van der Waals surface area contributed by atoms with E-state index in [-0.39, 0.29) is 29.8 Å². The monoisotopic (exact) mass is 473 g/mol. The third kappa shape index (κ3) is 2.35. The third-order valence-electron chi connectivity index (χ3n) is 8.22. The number of ether oxygens (including phenoxy) is 1. The quantitative estimate of drug-likeness (QED) is 0.704. The molecule has 11 heteroatoms. The number of pyridine rings is 1. The number of nitrogens with zero attached hydrogens (tertiary/aromatic N) is 2. The van der Waals surface area contributed by atoms with Gasteiger partial charge < -0.3 is 24.6 Å². The van der Waals surface area contributed by atoms with Crippen LogP contribution in [0.25, 0.3) is 0 Å². The molecular formula is C23H18F3N3O5. The molecule has 2 amide bonds. The molecule has 1 spiro atoms. The summed E-state index contributed by atoms with van der Waals surface area (Å²) >= 11 is 0. The number of hydrogen-bond acceptors (Lipinski definition) is 5. The molecule has 34 heavy (non-hydrogen) atoms. The summed E-state index contributed by atoms with van der Waals surface area (Å²) in [5.41, 5.74) is -2.31. The number of aromatic nitrogens is 1. The molecule has 4 fully saturated rings. The summed E-state index contributed by atoms with van der Waals surface area (Å²) in [6.45, 7) is -0.512. The van der Waals surface area contributed by atoms with Gasteiger partial charge in [-0.25, -0.2) is 13.2 Å². The summed E-state index contributed by atoms with van der Waals surface area (Å²) in [6.07, 6.45) is 2.66. The molecule has 2 aliphatic heterocycles. The van der Waals surface area contributed by atoms with Gasteiger partial charge in [0.15, 0.2) is 17.7 Å². The highest BCUT2D eigenvalue weighted by atomic mass is 19.1. The fraction of sp³-hybridized carbons (Fsp3) is 0.435. The van der Waals surface area contributed by atoms with Crippen molar-refractivity contribution >= 4 is 11.8 Å². The van der Waals surface area contributed by atoms with Gasteiger partial charge in [-0.3, -0.25) is 14.4 Å². The zero-order valence-electron chi connectivity index (χ0n) is 17.6. The lowest BCUT2D eigenvalue weighted by Crippen LogP contribution is -2.65. The molecule has 2 unspecified atom stereocenters. The third-order valence-corrected chi connectivity index (χ3v) is 8.22. The molecule has 176 valence electrons. The molecule has 0 bridgehead atoms. The number of carbonyl (C=O) groups is 2. The summed E-state index contributed by atoms with van der Waals surface area (Å²) in [5.74, 6) is -4.80. The maximum Gasteiger partial charge on any atom is 0.276 e. The van der Waals surface area contributed by atoms with Gasteiger partial charge in [0.05, 0.1) is 12.6 Å². The van der Waals surface area contributed by atoms with Gasteiger partial charge in [-0.05, 0) is 24.7 Å². The molecule has 2 aromatic rings. The van der Waals surface area contributed by atoms with Crippen LogP contribution in [0.3, 0.4) is 0 Å². The number of rotatable bonds is 3. The van der Waals surface area contributed by atoms with Gasteiger partial charge in [0.1, 0.15) is 23.0 Å². The van der Waals surface area contributed by atoms with Crippen LogP contribution in [0.15, 0.2) is 23.1 Å². The standard InChI is InChI=1S/C23H18F3N3O5/c24-8-1-13(25)10(14(26)2-8)5-27-21(32)11-6-28-7-16-29(22(33)17(28)19(31)18(11)30)20-9-3-12(9)23(20)4-15(23)34-16/h1-2,6,9,12,15-16,20,31H,3-5,7H2,(H,27,32)/t9-,12+,15+,16?,20+,23?/m0/s1. The molecule has 5 aliphatic rings. The normalized spacial score (nSPS) is 33.6. The topological polar surface area (TPSA) is 101 Å². The second kappa shape index (κ2) is 6.21. The number of amides is 2. The van der Waals surface area contributed by atoms with E-state index in [2.05, 4.69) is 5.32 Å². The minimum absolute atomic E-state index is 0.0274. The Labute approximate surface area is 189 Å². The summed E-state index contributed by atoms with van der Waals surface area (Å²) in [7, 11) is 0. The predicted octanol–water partition coefficient (Wildman–Crippen LogP) is 1.49. The molecule has 7 rings (SSSR count). The average molecular weight is 473 g/mol. The molecule has 3 aliphatic carbocycles. The molecule has 0 radical (unpaired) electrons. The van der Waals surface area contributed by atoms with E-state index in [0.717, 1.165) is 19.0 Å². The van der Waals surface area contributed by atoms with Crippen LogP contribution in [0.5, 0.6) is 5.75 Å². The van der Waals surface area contributed by atoms with Gasteiger partial charge in [0.25, 0.3) is 11.8 Å². The lowest BCUT2D eigenvalue weighted by Gasteiger charge is -2.53. The fourth-order valence-electron chi connectivity index (χ4n) is 6.58. The fourth-order valence-corrected chi connectivity index (χ4v) is 6.58. The van der Waals surface area contributed by atoms with E-state index in [1.54, 1.807) is 4.90 Å². The Balaban J connectivity index is 1.19. The Morgan fingerprint density at radius 2 is 1.97 bits per heavy atom. The van der Waals surface area contributed by atoms with Crippen molar-refractivity contribution in [1.29, 1.82) is 0 Å². The van der Waals surface area contributed by atoms with Crippen molar-refractivity contribution < 1.29 is 32.6 Å². The first-order valence-electron chi connectivity index (χ1n) is 11.1. The zero-order valence-corrected chi connectivity index (χ0v) is 17.6. The highest BCUT2D eigenvalue weighted by Gasteiger charge is 2.85. The largest absolute Gasteiger partial charge is 0.503 e. The number of carbonyl (C=O) groups excluding carboxylic acids is 2. The minimum Gasteiger partial charge on any atom is -0.503 e. The Morgan fingerprint density at radius 1 is 1.24 bits per heavy atom. The van der Waals surface area contributed by atoms with Crippen LogP contribution in [0.2, 0.25) is 0 Å². The van der Waals surface area contributed by atoms with Crippen LogP contribution in [0.4, 0.5) is 13.2 Å². The van der Waals surface area contributed by atoms with Crippen LogP contribution in [0, 0.1) is 34.7 Å². The highest BCUT2D eigenvalue weighted by molar-refractivity contribution is 5.99. The van der Waals surface area contributed by atoms with Crippen LogP contribution in [-0.2, 0) is 17.8 Å². The highest BCUT2D eigenvalue weighted by Crippen LogP contribution is 2.81. The number of fused-ring (bicyclic) bond motifs is 5. The van der Waals surface area contributed by atoms with Crippen LogP contribution in [-0.4, -0.2) is 44.8 Å². The second-order valence-corrected chi connectivity index (χ2v) is 9.81. The molecular weight excluding hydrogens is 455 g/mol. The molecule has 8 nitrogen and oxygen atoms in total. The molecule has 2 N–H and O–H groups in total.